The molecule has 3 rings (SSSR count). The van der Waals surface area contributed by atoms with Crippen LogP contribution in [0.15, 0.2) is 51.9 Å². The Balaban J connectivity index is 1.51. The van der Waals surface area contributed by atoms with E-state index in [9.17, 15) is 15.0 Å². The molecule has 0 fully saturated rings. The van der Waals surface area contributed by atoms with E-state index in [-0.39, 0.29) is 23.2 Å². The number of amides is 1. The highest BCUT2D eigenvalue weighted by Crippen LogP contribution is 2.29. The van der Waals surface area contributed by atoms with Crippen molar-refractivity contribution in [2.45, 2.75) is 4.34 Å². The van der Waals surface area contributed by atoms with Gasteiger partial charge in [-0.2, -0.15) is 5.10 Å². The molecule has 3 N–H and O–H groups in total. The van der Waals surface area contributed by atoms with Gasteiger partial charge in [-0.15, -0.1) is 11.3 Å². The molecule has 0 radical (unpaired) electrons. The fourth-order valence-electron chi connectivity index (χ4n) is 1.87. The van der Waals surface area contributed by atoms with E-state index in [1.807, 2.05) is 24.3 Å². The third kappa shape index (κ3) is 4.03. The number of fused-ring (bicyclic) bond motifs is 1. The Hall–Kier alpha value is -2.58. The maximum absolute atomic E-state index is 11.8. The van der Waals surface area contributed by atoms with Crippen LogP contribution < -0.4 is 5.43 Å². The molecular formula is C16H13N3O3S2. The predicted molar refractivity (Wildman–Crippen MR) is 95.9 cm³/mol. The molecule has 1 amide bonds. The van der Waals surface area contributed by atoms with Gasteiger partial charge in [-0.1, -0.05) is 23.9 Å². The van der Waals surface area contributed by atoms with Gasteiger partial charge in [0.15, 0.2) is 15.8 Å². The highest BCUT2D eigenvalue weighted by molar-refractivity contribution is 8.01. The van der Waals surface area contributed by atoms with E-state index in [1.54, 1.807) is 17.4 Å². The number of nitrogens with one attached hydrogen (secondary N) is 1. The first-order chi connectivity index (χ1) is 11.6. The van der Waals surface area contributed by atoms with Gasteiger partial charge in [-0.05, 0) is 35.9 Å². The van der Waals surface area contributed by atoms with Crippen molar-refractivity contribution in [1.29, 1.82) is 0 Å². The number of hydrogen-bond donors (Lipinski definition) is 3. The molecule has 2 aromatic carbocycles. The predicted octanol–water partition coefficient (Wildman–Crippen LogP) is 2.95. The second-order valence-electron chi connectivity index (χ2n) is 4.78. The minimum Gasteiger partial charge on any atom is -0.504 e. The van der Waals surface area contributed by atoms with Crippen LogP contribution in [0.2, 0.25) is 0 Å². The summed E-state index contributed by atoms with van der Waals surface area (Å²) in [6.07, 6.45) is 1.39. The van der Waals surface area contributed by atoms with E-state index in [0.29, 0.717) is 5.56 Å². The fraction of sp³-hybridized carbons (Fsp3) is 0.0625. The van der Waals surface area contributed by atoms with Crippen molar-refractivity contribution in [3.63, 3.8) is 0 Å². The van der Waals surface area contributed by atoms with Gasteiger partial charge in [-0.25, -0.2) is 10.4 Å². The summed E-state index contributed by atoms with van der Waals surface area (Å²) in [6, 6.07) is 12.1. The average molecular weight is 359 g/mol. The largest absolute Gasteiger partial charge is 0.504 e. The van der Waals surface area contributed by atoms with Crippen molar-refractivity contribution < 1.29 is 15.0 Å². The third-order valence-corrected chi connectivity index (χ3v) is 5.18. The minimum absolute atomic E-state index is 0.205. The van der Waals surface area contributed by atoms with E-state index >= 15 is 0 Å². The zero-order chi connectivity index (χ0) is 16.9. The Morgan fingerprint density at radius 3 is 2.88 bits per heavy atom. The molecule has 0 aliphatic heterocycles. The first kappa shape index (κ1) is 16.3. The van der Waals surface area contributed by atoms with Crippen LogP contribution in [0.5, 0.6) is 11.5 Å². The lowest BCUT2D eigenvalue weighted by Crippen LogP contribution is -2.19. The van der Waals surface area contributed by atoms with Gasteiger partial charge in [0.2, 0.25) is 0 Å². The second-order valence-corrected chi connectivity index (χ2v) is 7.03. The van der Waals surface area contributed by atoms with Crippen LogP contribution in [-0.2, 0) is 4.79 Å². The number of carbonyl (C=O) groups excluding carboxylic acids is 1. The van der Waals surface area contributed by atoms with Crippen LogP contribution in [0.1, 0.15) is 5.56 Å². The van der Waals surface area contributed by atoms with Crippen molar-refractivity contribution in [2.24, 2.45) is 5.10 Å². The summed E-state index contributed by atoms with van der Waals surface area (Å²) >= 11 is 2.90. The van der Waals surface area contributed by atoms with Crippen LogP contribution >= 0.6 is 23.1 Å². The lowest BCUT2D eigenvalue weighted by atomic mass is 10.2. The molecule has 6 nitrogen and oxygen atoms in total. The number of hydrogen-bond acceptors (Lipinski definition) is 7. The van der Waals surface area contributed by atoms with Gasteiger partial charge >= 0.3 is 0 Å². The van der Waals surface area contributed by atoms with Crippen molar-refractivity contribution >= 4 is 45.4 Å². The Morgan fingerprint density at radius 2 is 2.08 bits per heavy atom. The number of aromatic hydroxyl groups is 2. The van der Waals surface area contributed by atoms with E-state index in [0.717, 1.165) is 14.6 Å². The number of rotatable bonds is 5. The molecule has 1 aromatic heterocycles. The molecule has 0 bridgehead atoms. The lowest BCUT2D eigenvalue weighted by molar-refractivity contribution is -0.118. The molecule has 0 aliphatic rings. The summed E-state index contributed by atoms with van der Waals surface area (Å²) in [5, 5.41) is 22.4. The zero-order valence-electron chi connectivity index (χ0n) is 12.3. The summed E-state index contributed by atoms with van der Waals surface area (Å²) in [5.74, 6) is -0.489. The highest BCUT2D eigenvalue weighted by Gasteiger charge is 2.07. The number of nitrogens with zero attached hydrogens (tertiary/aromatic N) is 2. The van der Waals surface area contributed by atoms with Gasteiger partial charge < -0.3 is 10.2 Å². The van der Waals surface area contributed by atoms with Gasteiger partial charge in [0.1, 0.15) is 0 Å². The molecule has 8 heteroatoms. The van der Waals surface area contributed by atoms with Crippen LogP contribution in [0.25, 0.3) is 10.2 Å². The van der Waals surface area contributed by atoms with Gasteiger partial charge in [0, 0.05) is 0 Å². The average Bonchev–Trinajstić information content (AvgIpc) is 2.99. The number of phenolic OH excluding ortho intramolecular Hbond substituents is 2. The molecule has 24 heavy (non-hydrogen) atoms. The molecule has 0 atom stereocenters. The Kier molecular flexibility index (Phi) is 4.97. The number of thiazole rings is 1. The number of thioether (sulfide) groups is 1. The maximum atomic E-state index is 11.8. The lowest BCUT2D eigenvalue weighted by Gasteiger charge is -1.99. The molecule has 0 saturated carbocycles. The molecule has 122 valence electrons. The van der Waals surface area contributed by atoms with Gasteiger partial charge in [0.05, 0.1) is 22.2 Å². The van der Waals surface area contributed by atoms with Crippen molar-refractivity contribution in [1.82, 2.24) is 10.4 Å². The smallest absolute Gasteiger partial charge is 0.250 e. The SMILES string of the molecule is O=C(CSc1nc2ccccc2s1)NN=Cc1ccc(O)c(O)c1. The first-order valence-electron chi connectivity index (χ1n) is 6.94. The number of hydrazone groups is 1. The summed E-state index contributed by atoms with van der Waals surface area (Å²) < 4.78 is 1.92. The standard InChI is InChI=1S/C16H13N3O3S2/c20-12-6-5-10(7-13(12)21)8-17-19-15(22)9-23-16-18-11-3-1-2-4-14(11)24-16/h1-8,20-21H,9H2,(H,19,22). The Morgan fingerprint density at radius 1 is 1.25 bits per heavy atom. The van der Waals surface area contributed by atoms with Crippen molar-refractivity contribution in [3.8, 4) is 11.5 Å². The maximum Gasteiger partial charge on any atom is 0.250 e. The van der Waals surface area contributed by atoms with Crippen LogP contribution in [0, 0.1) is 0 Å². The number of phenols is 2. The van der Waals surface area contributed by atoms with E-state index in [1.165, 1.54) is 30.1 Å². The third-order valence-electron chi connectivity index (χ3n) is 3.00. The molecule has 3 aromatic rings. The molecule has 0 saturated heterocycles. The fourth-order valence-corrected chi connectivity index (χ4v) is 3.73. The van der Waals surface area contributed by atoms with E-state index < -0.39 is 0 Å². The Bertz CT molecular complexity index is 875. The van der Waals surface area contributed by atoms with Crippen molar-refractivity contribution in [3.05, 3.63) is 48.0 Å². The molecule has 0 aliphatic carbocycles. The quantitative estimate of drug-likeness (QED) is 0.282. The molecule has 0 spiro atoms. The first-order valence-corrected chi connectivity index (χ1v) is 8.74. The topological polar surface area (TPSA) is 94.8 Å². The second kappa shape index (κ2) is 7.33. The summed E-state index contributed by atoms with van der Waals surface area (Å²) in [4.78, 5) is 16.2. The zero-order valence-corrected chi connectivity index (χ0v) is 14.0. The summed E-state index contributed by atoms with van der Waals surface area (Å²) in [6.45, 7) is 0. The number of para-hydroxylation sites is 1. The summed E-state index contributed by atoms with van der Waals surface area (Å²) in [7, 11) is 0. The summed E-state index contributed by atoms with van der Waals surface area (Å²) in [5.41, 5.74) is 3.90. The number of carbonyl (C=O) groups is 1. The molecule has 0 unspecified atom stereocenters. The van der Waals surface area contributed by atoms with E-state index in [4.69, 9.17) is 0 Å². The molecule has 1 heterocycles. The monoisotopic (exact) mass is 359 g/mol. The number of benzene rings is 2. The van der Waals surface area contributed by atoms with Gasteiger partial charge in [-0.3, -0.25) is 4.79 Å². The van der Waals surface area contributed by atoms with E-state index in [2.05, 4.69) is 15.5 Å². The van der Waals surface area contributed by atoms with Crippen LogP contribution in [-0.4, -0.2) is 33.1 Å². The van der Waals surface area contributed by atoms with Crippen LogP contribution in [0.3, 0.4) is 0 Å². The highest BCUT2D eigenvalue weighted by atomic mass is 32.2. The van der Waals surface area contributed by atoms with Crippen molar-refractivity contribution in [2.75, 3.05) is 5.75 Å². The van der Waals surface area contributed by atoms with Crippen LogP contribution in [0.4, 0.5) is 0 Å². The van der Waals surface area contributed by atoms with Gasteiger partial charge in [0.25, 0.3) is 5.91 Å². The molecular weight excluding hydrogens is 346 g/mol. The normalized spacial score (nSPS) is 11.2. The Labute approximate surface area is 145 Å². The minimum atomic E-state index is -0.251. The number of aromatic nitrogens is 1.